The molecule has 1 atom stereocenters. The second kappa shape index (κ2) is 5.55. The van der Waals surface area contributed by atoms with E-state index in [0.29, 0.717) is 0 Å². The molecule has 0 aliphatic heterocycles. The smallest absolute Gasteiger partial charge is 0.422 e. The number of hydrogen-bond acceptors (Lipinski definition) is 5. The molecule has 0 aliphatic carbocycles. The highest BCUT2D eigenvalue weighted by molar-refractivity contribution is 5.75. The molecule has 0 rings (SSSR count). The molecule has 1 unspecified atom stereocenters. The van der Waals surface area contributed by atoms with Crippen molar-refractivity contribution in [2.75, 3.05) is 7.11 Å². The predicted octanol–water partition coefficient (Wildman–Crippen LogP) is 0.577. The van der Waals surface area contributed by atoms with E-state index in [9.17, 15) is 9.59 Å². The van der Waals surface area contributed by atoms with Gasteiger partial charge in [0, 0.05) is 0 Å². The van der Waals surface area contributed by atoms with Gasteiger partial charge in [0.1, 0.15) is 11.6 Å². The van der Waals surface area contributed by atoms with Crippen LogP contribution in [0.5, 0.6) is 0 Å². The van der Waals surface area contributed by atoms with Gasteiger partial charge in [0.2, 0.25) is 0 Å². The van der Waals surface area contributed by atoms with E-state index >= 15 is 0 Å². The maximum Gasteiger partial charge on any atom is 0.422 e. The number of carbonyl (C=O) groups excluding carboxylic acids is 2. The first kappa shape index (κ1) is 13.7. The number of rotatable bonds is 3. The lowest BCUT2D eigenvalue weighted by molar-refractivity contribution is -0.142. The van der Waals surface area contributed by atoms with Crippen LogP contribution in [-0.4, -0.2) is 30.8 Å². The summed E-state index contributed by atoms with van der Waals surface area (Å²) >= 11 is 0. The third-order valence-electron chi connectivity index (χ3n) is 1.34. The Bertz CT molecular complexity index is 235. The molecule has 0 radical (unpaired) electrons. The minimum Gasteiger partial charge on any atom is -0.468 e. The van der Waals surface area contributed by atoms with Gasteiger partial charge in [0.15, 0.2) is 0 Å². The van der Waals surface area contributed by atoms with Crippen LogP contribution in [0.4, 0.5) is 4.79 Å². The van der Waals surface area contributed by atoms with Gasteiger partial charge in [0.05, 0.1) is 7.11 Å². The van der Waals surface area contributed by atoms with Gasteiger partial charge in [-0.3, -0.25) is 10.2 Å². The van der Waals surface area contributed by atoms with Crippen LogP contribution in [0.2, 0.25) is 0 Å². The van der Waals surface area contributed by atoms with Crippen LogP contribution >= 0.6 is 0 Å². The second-order valence-electron chi connectivity index (χ2n) is 4.02. The zero-order valence-electron chi connectivity index (χ0n) is 9.71. The van der Waals surface area contributed by atoms with Crippen LogP contribution in [0.15, 0.2) is 0 Å². The standard InChI is InChI=1S/C9H18N2O4/c1-6(7(12)14-5)10-11-8(13)15-9(2,3)4/h6,10H,1-5H3,(H,11,13). The molecule has 0 fully saturated rings. The molecule has 0 aromatic rings. The van der Waals surface area contributed by atoms with E-state index in [4.69, 9.17) is 4.74 Å². The van der Waals surface area contributed by atoms with Crippen molar-refractivity contribution in [3.05, 3.63) is 0 Å². The molecular formula is C9H18N2O4. The van der Waals surface area contributed by atoms with Crippen LogP contribution < -0.4 is 10.9 Å². The average molecular weight is 218 g/mol. The van der Waals surface area contributed by atoms with Gasteiger partial charge in [-0.05, 0) is 27.7 Å². The minimum absolute atomic E-state index is 0.467. The van der Waals surface area contributed by atoms with Crippen LogP contribution in [0, 0.1) is 0 Å². The molecule has 0 saturated heterocycles. The molecule has 0 saturated carbocycles. The van der Waals surface area contributed by atoms with Gasteiger partial charge < -0.3 is 9.47 Å². The fourth-order valence-corrected chi connectivity index (χ4v) is 0.706. The highest BCUT2D eigenvalue weighted by atomic mass is 16.6. The Kier molecular flexibility index (Phi) is 5.07. The number of methoxy groups -OCH3 is 1. The monoisotopic (exact) mass is 218 g/mol. The zero-order valence-corrected chi connectivity index (χ0v) is 9.71. The van der Waals surface area contributed by atoms with Gasteiger partial charge in [-0.1, -0.05) is 0 Å². The minimum atomic E-state index is -0.641. The lowest BCUT2D eigenvalue weighted by Crippen LogP contribution is -2.48. The number of ether oxygens (including phenoxy) is 2. The van der Waals surface area contributed by atoms with Crippen molar-refractivity contribution < 1.29 is 19.1 Å². The summed E-state index contributed by atoms with van der Waals surface area (Å²) in [5, 5.41) is 0. The van der Waals surface area contributed by atoms with Crippen LogP contribution in [-0.2, 0) is 14.3 Å². The number of hydrogen-bond donors (Lipinski definition) is 2. The average Bonchev–Trinajstić information content (AvgIpc) is 2.10. The van der Waals surface area contributed by atoms with Gasteiger partial charge in [0.25, 0.3) is 0 Å². The van der Waals surface area contributed by atoms with Gasteiger partial charge >= 0.3 is 12.1 Å². The van der Waals surface area contributed by atoms with Crippen molar-refractivity contribution in [1.29, 1.82) is 0 Å². The van der Waals surface area contributed by atoms with Gasteiger partial charge in [-0.15, -0.1) is 0 Å². The maximum absolute atomic E-state index is 11.1. The third kappa shape index (κ3) is 6.73. The summed E-state index contributed by atoms with van der Waals surface area (Å²) in [7, 11) is 1.27. The molecule has 6 heteroatoms. The summed E-state index contributed by atoms with van der Waals surface area (Å²) in [6, 6.07) is -0.623. The fourth-order valence-electron chi connectivity index (χ4n) is 0.706. The predicted molar refractivity (Wildman–Crippen MR) is 54.0 cm³/mol. The van der Waals surface area contributed by atoms with Crippen molar-refractivity contribution in [2.45, 2.75) is 39.3 Å². The Hall–Kier alpha value is -1.30. The molecule has 2 N–H and O–H groups in total. The number of amides is 1. The molecule has 0 bridgehead atoms. The van der Waals surface area contributed by atoms with E-state index in [0.717, 1.165) is 0 Å². The lowest BCUT2D eigenvalue weighted by atomic mass is 10.2. The Labute approximate surface area is 89.3 Å². The topological polar surface area (TPSA) is 76.7 Å². The molecule has 0 aromatic heterocycles. The van der Waals surface area contributed by atoms with Crippen molar-refractivity contribution in [2.24, 2.45) is 0 Å². The molecule has 1 amide bonds. The first-order valence-electron chi connectivity index (χ1n) is 4.58. The van der Waals surface area contributed by atoms with Crippen molar-refractivity contribution in [3.63, 3.8) is 0 Å². The second-order valence-corrected chi connectivity index (χ2v) is 4.02. The Morgan fingerprint density at radius 1 is 1.27 bits per heavy atom. The highest BCUT2D eigenvalue weighted by Crippen LogP contribution is 2.05. The zero-order chi connectivity index (χ0) is 12.1. The van der Waals surface area contributed by atoms with Crippen molar-refractivity contribution in [1.82, 2.24) is 10.9 Å². The van der Waals surface area contributed by atoms with E-state index in [1.807, 2.05) is 0 Å². The molecule has 0 spiro atoms. The SMILES string of the molecule is COC(=O)C(C)NNC(=O)OC(C)(C)C. The molecule has 15 heavy (non-hydrogen) atoms. The van der Waals surface area contributed by atoms with E-state index in [2.05, 4.69) is 15.6 Å². The van der Waals surface area contributed by atoms with Crippen LogP contribution in [0.1, 0.15) is 27.7 Å². The molecule has 0 aromatic carbocycles. The maximum atomic E-state index is 11.1. The van der Waals surface area contributed by atoms with Gasteiger partial charge in [-0.2, -0.15) is 0 Å². The largest absolute Gasteiger partial charge is 0.468 e. The first-order chi connectivity index (χ1) is 6.76. The summed E-state index contributed by atoms with van der Waals surface area (Å²) < 4.78 is 9.39. The molecule has 0 aliphatic rings. The van der Waals surface area contributed by atoms with E-state index in [-0.39, 0.29) is 0 Å². The Morgan fingerprint density at radius 3 is 2.20 bits per heavy atom. The third-order valence-corrected chi connectivity index (χ3v) is 1.34. The lowest BCUT2D eigenvalue weighted by Gasteiger charge is -2.20. The highest BCUT2D eigenvalue weighted by Gasteiger charge is 2.18. The normalized spacial score (nSPS) is 12.9. The Morgan fingerprint density at radius 2 is 1.80 bits per heavy atom. The summed E-state index contributed by atoms with van der Waals surface area (Å²) in [6.45, 7) is 6.80. The summed E-state index contributed by atoms with van der Waals surface area (Å²) in [5.74, 6) is -0.467. The van der Waals surface area contributed by atoms with Gasteiger partial charge in [-0.25, -0.2) is 10.2 Å². The number of nitrogens with one attached hydrogen (secondary N) is 2. The number of carbonyl (C=O) groups is 2. The number of esters is 1. The van der Waals surface area contributed by atoms with E-state index < -0.39 is 23.7 Å². The summed E-state index contributed by atoms with van der Waals surface area (Å²) in [4.78, 5) is 22.1. The van der Waals surface area contributed by atoms with Crippen molar-refractivity contribution in [3.8, 4) is 0 Å². The van der Waals surface area contributed by atoms with Crippen LogP contribution in [0.3, 0.4) is 0 Å². The van der Waals surface area contributed by atoms with Crippen LogP contribution in [0.25, 0.3) is 0 Å². The van der Waals surface area contributed by atoms with E-state index in [1.54, 1.807) is 27.7 Å². The van der Waals surface area contributed by atoms with Crippen molar-refractivity contribution >= 4 is 12.1 Å². The van der Waals surface area contributed by atoms with E-state index in [1.165, 1.54) is 7.11 Å². The molecule has 88 valence electrons. The Balaban J connectivity index is 3.86. The summed E-state index contributed by atoms with van der Waals surface area (Å²) in [5.41, 5.74) is 4.13. The molecule has 6 nitrogen and oxygen atoms in total. The molecular weight excluding hydrogens is 200 g/mol. The first-order valence-corrected chi connectivity index (χ1v) is 4.58. The quantitative estimate of drug-likeness (QED) is 0.535. The number of hydrazine groups is 1. The fraction of sp³-hybridized carbons (Fsp3) is 0.778. The summed E-state index contributed by atoms with van der Waals surface area (Å²) in [6.07, 6.45) is -0.641. The molecule has 0 heterocycles.